The summed E-state index contributed by atoms with van der Waals surface area (Å²) in [6, 6.07) is 5.46. The van der Waals surface area contributed by atoms with E-state index in [1.54, 1.807) is 19.9 Å². The molecule has 5 nitrogen and oxygen atoms in total. The van der Waals surface area contributed by atoms with E-state index >= 15 is 0 Å². The van der Waals surface area contributed by atoms with Crippen molar-refractivity contribution in [2.75, 3.05) is 5.32 Å². The topological polar surface area (TPSA) is 68.1 Å². The van der Waals surface area contributed by atoms with E-state index in [1.165, 1.54) is 6.20 Å². The maximum absolute atomic E-state index is 11.1. The Morgan fingerprint density at radius 3 is 2.81 bits per heavy atom. The summed E-state index contributed by atoms with van der Waals surface area (Å²) >= 11 is 9.47. The molecule has 1 heterocycles. The third-order valence-electron chi connectivity index (χ3n) is 3.13. The Labute approximate surface area is 135 Å². The molecule has 0 bridgehead atoms. The first-order valence-electron chi connectivity index (χ1n) is 6.18. The normalized spacial score (nSPS) is 10.5. The van der Waals surface area contributed by atoms with Crippen LogP contribution < -0.4 is 5.32 Å². The summed E-state index contributed by atoms with van der Waals surface area (Å²) in [5, 5.41) is 14.8. The van der Waals surface area contributed by atoms with Gasteiger partial charge in [-0.2, -0.15) is 0 Å². The lowest BCUT2D eigenvalue weighted by atomic mass is 10.1. The summed E-state index contributed by atoms with van der Waals surface area (Å²) in [5.41, 5.74) is 2.61. The van der Waals surface area contributed by atoms with E-state index in [9.17, 15) is 10.1 Å². The number of halogens is 2. The van der Waals surface area contributed by atoms with Crippen molar-refractivity contribution in [3.05, 3.63) is 60.8 Å². The Morgan fingerprint density at radius 1 is 1.43 bits per heavy atom. The SMILES string of the molecule is Cc1cnc(CNc2cc(Br)ccc2Cl)c(C)c1[N+](=O)[O-]. The molecule has 0 amide bonds. The molecule has 0 saturated heterocycles. The lowest BCUT2D eigenvalue weighted by molar-refractivity contribution is -0.386. The van der Waals surface area contributed by atoms with E-state index in [0.29, 0.717) is 28.4 Å². The number of aromatic nitrogens is 1. The lowest BCUT2D eigenvalue weighted by Gasteiger charge is -2.11. The quantitative estimate of drug-likeness (QED) is 0.629. The van der Waals surface area contributed by atoms with Gasteiger partial charge in [0.1, 0.15) is 0 Å². The van der Waals surface area contributed by atoms with E-state index < -0.39 is 0 Å². The number of benzene rings is 1. The van der Waals surface area contributed by atoms with Crippen LogP contribution in [0, 0.1) is 24.0 Å². The monoisotopic (exact) mass is 369 g/mol. The molecule has 2 rings (SSSR count). The number of hydrogen-bond donors (Lipinski definition) is 1. The minimum absolute atomic E-state index is 0.113. The Hall–Kier alpha value is -1.66. The number of nitro groups is 1. The largest absolute Gasteiger partial charge is 0.378 e. The molecule has 0 radical (unpaired) electrons. The molecule has 0 spiro atoms. The molecule has 0 aliphatic heterocycles. The molecule has 21 heavy (non-hydrogen) atoms. The van der Waals surface area contributed by atoms with Crippen molar-refractivity contribution in [2.45, 2.75) is 20.4 Å². The maximum atomic E-state index is 11.1. The number of aryl methyl sites for hydroxylation is 1. The van der Waals surface area contributed by atoms with Crippen LogP contribution in [0.4, 0.5) is 11.4 Å². The van der Waals surface area contributed by atoms with E-state index in [1.807, 2.05) is 12.1 Å². The number of pyridine rings is 1. The van der Waals surface area contributed by atoms with E-state index in [4.69, 9.17) is 11.6 Å². The maximum Gasteiger partial charge on any atom is 0.278 e. The second kappa shape index (κ2) is 6.41. The molecule has 0 aliphatic carbocycles. The van der Waals surface area contributed by atoms with Crippen LogP contribution in [-0.4, -0.2) is 9.91 Å². The Bertz CT molecular complexity index is 707. The molecule has 0 unspecified atom stereocenters. The zero-order valence-corrected chi connectivity index (χ0v) is 13.8. The van der Waals surface area contributed by atoms with Crippen LogP contribution in [0.3, 0.4) is 0 Å². The molecule has 1 aromatic carbocycles. The van der Waals surface area contributed by atoms with Crippen molar-refractivity contribution in [3.8, 4) is 0 Å². The molecule has 0 saturated carbocycles. The second-order valence-electron chi connectivity index (χ2n) is 4.60. The molecule has 7 heteroatoms. The smallest absolute Gasteiger partial charge is 0.278 e. The van der Waals surface area contributed by atoms with E-state index in [2.05, 4.69) is 26.2 Å². The van der Waals surface area contributed by atoms with Gasteiger partial charge in [0, 0.05) is 16.2 Å². The van der Waals surface area contributed by atoms with Gasteiger partial charge in [-0.25, -0.2) is 0 Å². The van der Waals surface area contributed by atoms with Crippen molar-refractivity contribution in [3.63, 3.8) is 0 Å². The first kappa shape index (κ1) is 15.7. The van der Waals surface area contributed by atoms with Crippen LogP contribution in [0.15, 0.2) is 28.9 Å². The molecule has 1 N–H and O–H groups in total. The van der Waals surface area contributed by atoms with Gasteiger partial charge in [-0.3, -0.25) is 15.1 Å². The molecule has 110 valence electrons. The van der Waals surface area contributed by atoms with Gasteiger partial charge < -0.3 is 5.32 Å². The minimum Gasteiger partial charge on any atom is -0.378 e. The molecule has 1 aromatic heterocycles. The first-order chi connectivity index (χ1) is 9.90. The van der Waals surface area contributed by atoms with Crippen LogP contribution in [0.1, 0.15) is 16.8 Å². The fourth-order valence-electron chi connectivity index (χ4n) is 2.04. The zero-order chi connectivity index (χ0) is 15.6. The molecule has 0 aliphatic rings. The Kier molecular flexibility index (Phi) is 4.80. The summed E-state index contributed by atoms with van der Waals surface area (Å²) < 4.78 is 0.897. The summed E-state index contributed by atoms with van der Waals surface area (Å²) in [7, 11) is 0. The highest BCUT2D eigenvalue weighted by Crippen LogP contribution is 2.28. The van der Waals surface area contributed by atoms with Crippen LogP contribution in [0.5, 0.6) is 0 Å². The minimum atomic E-state index is -0.373. The van der Waals surface area contributed by atoms with Crippen molar-refractivity contribution in [1.82, 2.24) is 4.98 Å². The van der Waals surface area contributed by atoms with Gasteiger partial charge in [0.05, 0.1) is 33.4 Å². The average molecular weight is 371 g/mol. The molecule has 0 atom stereocenters. The second-order valence-corrected chi connectivity index (χ2v) is 5.92. The summed E-state index contributed by atoms with van der Waals surface area (Å²) in [4.78, 5) is 15.0. The highest BCUT2D eigenvalue weighted by Gasteiger charge is 2.18. The lowest BCUT2D eigenvalue weighted by Crippen LogP contribution is -2.07. The van der Waals surface area contributed by atoms with E-state index in [-0.39, 0.29) is 10.6 Å². The predicted octanol–water partition coefficient (Wildman–Crippen LogP) is 4.63. The summed E-state index contributed by atoms with van der Waals surface area (Å²) in [5.74, 6) is 0. The highest BCUT2D eigenvalue weighted by atomic mass is 79.9. The van der Waals surface area contributed by atoms with E-state index in [0.717, 1.165) is 10.2 Å². The van der Waals surface area contributed by atoms with Crippen molar-refractivity contribution in [1.29, 1.82) is 0 Å². The van der Waals surface area contributed by atoms with Gasteiger partial charge in [-0.1, -0.05) is 27.5 Å². The first-order valence-corrected chi connectivity index (χ1v) is 7.35. The van der Waals surface area contributed by atoms with Gasteiger partial charge >= 0.3 is 0 Å². The third-order valence-corrected chi connectivity index (χ3v) is 3.96. The Balaban J connectivity index is 2.27. The average Bonchev–Trinajstić information content (AvgIpc) is 2.41. The van der Waals surface area contributed by atoms with Crippen LogP contribution in [-0.2, 0) is 6.54 Å². The van der Waals surface area contributed by atoms with Crippen LogP contribution >= 0.6 is 27.5 Å². The predicted molar refractivity (Wildman–Crippen MR) is 86.8 cm³/mol. The van der Waals surface area contributed by atoms with Crippen LogP contribution in [0.25, 0.3) is 0 Å². The molecule has 2 aromatic rings. The number of hydrogen-bond acceptors (Lipinski definition) is 4. The van der Waals surface area contributed by atoms with Crippen molar-refractivity contribution < 1.29 is 4.92 Å². The van der Waals surface area contributed by atoms with Gasteiger partial charge in [0.2, 0.25) is 0 Å². The van der Waals surface area contributed by atoms with Crippen molar-refractivity contribution in [2.24, 2.45) is 0 Å². The number of rotatable bonds is 4. The summed E-state index contributed by atoms with van der Waals surface area (Å²) in [6.07, 6.45) is 1.52. The van der Waals surface area contributed by atoms with Crippen molar-refractivity contribution >= 4 is 38.9 Å². The van der Waals surface area contributed by atoms with Gasteiger partial charge in [0.25, 0.3) is 5.69 Å². The fraction of sp³-hybridized carbons (Fsp3) is 0.214. The standard InChI is InChI=1S/C14H13BrClN3O2/c1-8-6-17-13(9(2)14(8)19(20)21)7-18-12-5-10(15)3-4-11(12)16/h3-6,18H,7H2,1-2H3. The number of nitrogens with zero attached hydrogens (tertiary/aromatic N) is 2. The summed E-state index contributed by atoms with van der Waals surface area (Å²) in [6.45, 7) is 3.75. The molecule has 0 fully saturated rings. The van der Waals surface area contributed by atoms with Gasteiger partial charge in [-0.05, 0) is 32.0 Å². The van der Waals surface area contributed by atoms with Gasteiger partial charge in [-0.15, -0.1) is 0 Å². The zero-order valence-electron chi connectivity index (χ0n) is 11.5. The van der Waals surface area contributed by atoms with Crippen LogP contribution in [0.2, 0.25) is 5.02 Å². The Morgan fingerprint density at radius 2 is 2.14 bits per heavy atom. The van der Waals surface area contributed by atoms with Gasteiger partial charge in [0.15, 0.2) is 0 Å². The number of nitrogens with one attached hydrogen (secondary N) is 1. The molecular formula is C14H13BrClN3O2. The molecular weight excluding hydrogens is 358 g/mol. The third kappa shape index (κ3) is 3.51. The highest BCUT2D eigenvalue weighted by molar-refractivity contribution is 9.10. The number of anilines is 1. The fourth-order valence-corrected chi connectivity index (χ4v) is 2.58.